The second-order valence-corrected chi connectivity index (χ2v) is 12.2. The summed E-state index contributed by atoms with van der Waals surface area (Å²) in [6, 6.07) is 13.3. The number of alkyl halides is 3. The van der Waals surface area contributed by atoms with Gasteiger partial charge in [-0.3, -0.25) is 0 Å². The third-order valence-corrected chi connectivity index (χ3v) is 9.42. The van der Waals surface area contributed by atoms with Gasteiger partial charge >= 0.3 is 12.3 Å². The van der Waals surface area contributed by atoms with E-state index in [1.807, 2.05) is 30.3 Å². The molecule has 1 amide bonds. The first kappa shape index (κ1) is 28.4. The molecule has 216 valence electrons. The molecule has 1 aliphatic carbocycles. The number of nitrogens with zero attached hydrogens (tertiary/aromatic N) is 2. The Labute approximate surface area is 230 Å². The van der Waals surface area contributed by atoms with E-state index in [4.69, 9.17) is 14.3 Å². The van der Waals surface area contributed by atoms with E-state index in [0.717, 1.165) is 47.3 Å². The Kier molecular flexibility index (Phi) is 8.07. The van der Waals surface area contributed by atoms with Crippen LogP contribution in [0.2, 0.25) is 0 Å². The van der Waals surface area contributed by atoms with Crippen molar-refractivity contribution in [3.63, 3.8) is 0 Å². The molecule has 0 bridgehead atoms. The molecule has 2 heterocycles. The van der Waals surface area contributed by atoms with Gasteiger partial charge in [-0.15, -0.1) is 0 Å². The monoisotopic (exact) mass is 581 g/mol. The molecule has 2 aromatic rings. The van der Waals surface area contributed by atoms with Crippen molar-refractivity contribution in [1.29, 1.82) is 0 Å². The van der Waals surface area contributed by atoms with Gasteiger partial charge in [0.05, 0.1) is 35.6 Å². The summed E-state index contributed by atoms with van der Waals surface area (Å²) in [5.74, 6) is 0.0893. The van der Waals surface area contributed by atoms with Gasteiger partial charge in [0.1, 0.15) is 5.60 Å². The molecular formula is C27H30F3N3O6S. The maximum atomic E-state index is 13.1. The molecule has 5 rings (SSSR count). The van der Waals surface area contributed by atoms with Crippen LogP contribution in [0.5, 0.6) is 0 Å². The molecule has 13 heteroatoms. The van der Waals surface area contributed by atoms with Crippen LogP contribution in [-0.2, 0) is 37.1 Å². The molecule has 40 heavy (non-hydrogen) atoms. The van der Waals surface area contributed by atoms with Crippen LogP contribution in [0.1, 0.15) is 49.7 Å². The van der Waals surface area contributed by atoms with Crippen LogP contribution in [0.4, 0.5) is 18.0 Å². The summed E-state index contributed by atoms with van der Waals surface area (Å²) < 4.78 is 77.8. The Morgan fingerprint density at radius 2 is 1.85 bits per heavy atom. The summed E-state index contributed by atoms with van der Waals surface area (Å²) in [6.07, 6.45) is -2.30. The Hall–Kier alpha value is -3.16. The highest BCUT2D eigenvalue weighted by molar-refractivity contribution is 7.89. The smallest absolute Gasteiger partial charge is 0.392 e. The predicted molar refractivity (Wildman–Crippen MR) is 138 cm³/mol. The van der Waals surface area contributed by atoms with E-state index in [2.05, 4.69) is 10.5 Å². The highest BCUT2D eigenvalue weighted by Crippen LogP contribution is 2.37. The van der Waals surface area contributed by atoms with Gasteiger partial charge in [0.2, 0.25) is 15.9 Å². The maximum absolute atomic E-state index is 13.1. The van der Waals surface area contributed by atoms with Gasteiger partial charge in [0.15, 0.2) is 0 Å². The molecule has 0 radical (unpaired) electrons. The summed E-state index contributed by atoms with van der Waals surface area (Å²) >= 11 is 0. The lowest BCUT2D eigenvalue weighted by Gasteiger charge is -2.36. The molecule has 2 fully saturated rings. The van der Waals surface area contributed by atoms with Crippen molar-refractivity contribution in [3.05, 3.63) is 65.7 Å². The average molecular weight is 582 g/mol. The second kappa shape index (κ2) is 11.4. The van der Waals surface area contributed by atoms with Crippen LogP contribution >= 0.6 is 0 Å². The summed E-state index contributed by atoms with van der Waals surface area (Å²) in [5, 5.41) is 6.77. The number of hydrogen-bond donors (Lipinski definition) is 1. The van der Waals surface area contributed by atoms with Gasteiger partial charge in [-0.25, -0.2) is 13.2 Å². The Balaban J connectivity index is 1.10. The second-order valence-electron chi connectivity index (χ2n) is 10.3. The average Bonchev–Trinajstić information content (AvgIpc) is 3.54. The van der Waals surface area contributed by atoms with Gasteiger partial charge in [-0.05, 0) is 43.0 Å². The van der Waals surface area contributed by atoms with Crippen molar-refractivity contribution in [2.75, 3.05) is 13.1 Å². The minimum Gasteiger partial charge on any atom is -0.392 e. The lowest BCUT2D eigenvalue weighted by atomic mass is 9.89. The number of rotatable bonds is 6. The number of oxime groups is 1. The van der Waals surface area contributed by atoms with Crippen LogP contribution in [0.25, 0.3) is 0 Å². The predicted octanol–water partition coefficient (Wildman–Crippen LogP) is 4.83. The van der Waals surface area contributed by atoms with Crippen LogP contribution < -0.4 is 5.32 Å². The van der Waals surface area contributed by atoms with E-state index in [-0.39, 0.29) is 50.4 Å². The third-order valence-electron chi connectivity index (χ3n) is 7.52. The molecule has 9 nitrogen and oxygen atoms in total. The number of hydrogen-bond acceptors (Lipinski definition) is 7. The van der Waals surface area contributed by atoms with E-state index < -0.39 is 38.4 Å². The van der Waals surface area contributed by atoms with Crippen molar-refractivity contribution >= 4 is 22.0 Å². The molecule has 0 aromatic heterocycles. The van der Waals surface area contributed by atoms with E-state index in [1.165, 1.54) is 0 Å². The minimum absolute atomic E-state index is 0.0239. The molecule has 1 saturated carbocycles. The number of ether oxygens (including phenoxy) is 2. The molecule has 2 aliphatic heterocycles. The van der Waals surface area contributed by atoms with Gasteiger partial charge in [0.25, 0.3) is 0 Å². The Morgan fingerprint density at radius 1 is 1.10 bits per heavy atom. The molecule has 1 N–H and O–H groups in total. The lowest BCUT2D eigenvalue weighted by Crippen LogP contribution is -2.47. The molecule has 3 aliphatic rings. The summed E-state index contributed by atoms with van der Waals surface area (Å²) in [7, 11) is -4.13. The molecule has 1 saturated heterocycles. The van der Waals surface area contributed by atoms with Gasteiger partial charge in [-0.2, -0.15) is 17.5 Å². The fourth-order valence-corrected chi connectivity index (χ4v) is 6.77. The van der Waals surface area contributed by atoms with Crippen molar-refractivity contribution in [3.8, 4) is 0 Å². The number of sulfonamides is 1. The lowest BCUT2D eigenvalue weighted by molar-refractivity contribution is -0.137. The van der Waals surface area contributed by atoms with E-state index in [0.29, 0.717) is 12.7 Å². The topological polar surface area (TPSA) is 107 Å². The summed E-state index contributed by atoms with van der Waals surface area (Å²) in [5.41, 5.74) is -0.821. The molecule has 2 aromatic carbocycles. The van der Waals surface area contributed by atoms with Crippen molar-refractivity contribution in [2.45, 2.75) is 74.0 Å². The summed E-state index contributed by atoms with van der Waals surface area (Å²) in [4.78, 5) is 17.8. The molecular weight excluding hydrogens is 551 g/mol. The standard InChI is InChI=1S/C27H30F3N3O6S/c28-27(29,30)20-8-4-9-21(16-20)40(35,36)33-14-12-26(13-15-33)17-24(32-39-26)38-25(34)31-22-10-5-11-23(22)37-18-19-6-2-1-3-7-19/h1-4,6-9,16,22-23H,5,10-15,17-18H2,(H,31,34). The van der Waals surface area contributed by atoms with E-state index >= 15 is 0 Å². The van der Waals surface area contributed by atoms with Crippen molar-refractivity contribution < 1.29 is 40.7 Å². The van der Waals surface area contributed by atoms with Crippen molar-refractivity contribution in [1.82, 2.24) is 9.62 Å². The number of halogens is 3. The van der Waals surface area contributed by atoms with Gasteiger partial charge in [0, 0.05) is 25.9 Å². The number of carbonyl (C=O) groups excluding carboxylic acids is 1. The minimum atomic E-state index is -4.65. The van der Waals surface area contributed by atoms with E-state index in [1.54, 1.807) is 0 Å². The largest absolute Gasteiger partial charge is 0.416 e. The van der Waals surface area contributed by atoms with Crippen LogP contribution in [0.15, 0.2) is 64.6 Å². The van der Waals surface area contributed by atoms with Gasteiger partial charge in [-0.1, -0.05) is 41.6 Å². The zero-order chi connectivity index (χ0) is 28.4. The zero-order valence-corrected chi connectivity index (χ0v) is 22.4. The third kappa shape index (κ3) is 6.42. The number of nitrogens with one attached hydrogen (secondary N) is 1. The zero-order valence-electron chi connectivity index (χ0n) is 21.6. The molecule has 1 spiro atoms. The first-order chi connectivity index (χ1) is 19.0. The Morgan fingerprint density at radius 3 is 2.58 bits per heavy atom. The van der Waals surface area contributed by atoms with Crippen LogP contribution in [-0.4, -0.2) is 55.6 Å². The Bertz CT molecular complexity index is 1340. The van der Waals surface area contributed by atoms with Crippen molar-refractivity contribution in [2.24, 2.45) is 5.16 Å². The number of carbonyl (C=O) groups is 1. The SMILES string of the molecule is O=C(NC1CCCC1OCc1ccccc1)OC1=NOC2(CCN(S(=O)(=O)c3cccc(C(F)(F)F)c3)CC2)C1. The maximum Gasteiger partial charge on any atom is 0.416 e. The van der Waals surface area contributed by atoms with Gasteiger partial charge < -0.3 is 19.6 Å². The number of benzene rings is 2. The van der Waals surface area contributed by atoms with Crippen LogP contribution in [0.3, 0.4) is 0 Å². The number of piperidine rings is 1. The first-order valence-corrected chi connectivity index (χ1v) is 14.5. The molecule has 2 atom stereocenters. The quantitative estimate of drug-likeness (QED) is 0.524. The fourth-order valence-electron chi connectivity index (χ4n) is 5.28. The fraction of sp³-hybridized carbons (Fsp3) is 0.481. The number of alkyl carbamates (subject to hydrolysis) is 1. The number of amides is 1. The normalized spacial score (nSPS) is 23.0. The first-order valence-electron chi connectivity index (χ1n) is 13.1. The highest BCUT2D eigenvalue weighted by atomic mass is 32.2. The van der Waals surface area contributed by atoms with Crippen LogP contribution in [0, 0.1) is 0 Å². The summed E-state index contributed by atoms with van der Waals surface area (Å²) in [6.45, 7) is 0.495. The molecule has 2 unspecified atom stereocenters. The highest BCUT2D eigenvalue weighted by Gasteiger charge is 2.46. The van der Waals surface area contributed by atoms with E-state index in [9.17, 15) is 26.4 Å².